The molecule has 3 rings (SSSR count). The third kappa shape index (κ3) is 4.64. The Labute approximate surface area is 180 Å². The van der Waals surface area contributed by atoms with Crippen LogP contribution in [0.15, 0.2) is 53.4 Å². The second-order valence-electron chi connectivity index (χ2n) is 7.17. The maximum absolute atomic E-state index is 13.3. The summed E-state index contributed by atoms with van der Waals surface area (Å²) in [5.74, 6) is 0.935. The van der Waals surface area contributed by atoms with Crippen LogP contribution in [0.3, 0.4) is 0 Å². The van der Waals surface area contributed by atoms with Crippen molar-refractivity contribution in [2.24, 2.45) is 5.73 Å². The number of sulfone groups is 1. The van der Waals surface area contributed by atoms with Crippen LogP contribution >= 0.6 is 11.8 Å². The molecule has 162 valence electrons. The standard InChI is InChI=1S/C21H26N2O5S2/c22-12-9-16-1-5-18(6-2-16)28-15-17-3-7-19(8-4-17)30(26,27)21(20(24)23-25)10-13-29-14-11-21/h1-8,25H,9-15,22H2,(H,23,24). The van der Waals surface area contributed by atoms with Crippen molar-refractivity contribution in [3.63, 3.8) is 0 Å². The van der Waals surface area contributed by atoms with Crippen molar-refractivity contribution in [1.82, 2.24) is 5.48 Å². The molecule has 0 spiro atoms. The summed E-state index contributed by atoms with van der Waals surface area (Å²) in [4.78, 5) is 12.4. The average Bonchev–Trinajstić information content (AvgIpc) is 2.79. The molecule has 2 aromatic rings. The Kier molecular flexibility index (Phi) is 7.41. The Morgan fingerprint density at radius 2 is 1.67 bits per heavy atom. The van der Waals surface area contributed by atoms with E-state index in [1.807, 2.05) is 24.3 Å². The summed E-state index contributed by atoms with van der Waals surface area (Å²) in [7, 11) is -3.97. The number of ether oxygens (including phenoxy) is 1. The van der Waals surface area contributed by atoms with E-state index in [-0.39, 0.29) is 24.3 Å². The number of hydroxylamine groups is 1. The van der Waals surface area contributed by atoms with E-state index in [1.54, 1.807) is 29.4 Å². The van der Waals surface area contributed by atoms with E-state index in [2.05, 4.69) is 0 Å². The molecule has 1 fully saturated rings. The monoisotopic (exact) mass is 450 g/mol. The second kappa shape index (κ2) is 9.82. The summed E-state index contributed by atoms with van der Waals surface area (Å²) in [6, 6.07) is 14.0. The van der Waals surface area contributed by atoms with Gasteiger partial charge in [0.25, 0.3) is 5.91 Å². The van der Waals surface area contributed by atoms with Gasteiger partial charge in [-0.1, -0.05) is 24.3 Å². The van der Waals surface area contributed by atoms with Gasteiger partial charge in [-0.15, -0.1) is 0 Å². The summed E-state index contributed by atoms with van der Waals surface area (Å²) in [6.07, 6.45) is 1.14. The molecule has 1 aliphatic heterocycles. The third-order valence-corrected chi connectivity index (χ3v) is 8.83. The highest BCUT2D eigenvalue weighted by Crippen LogP contribution is 2.38. The summed E-state index contributed by atoms with van der Waals surface area (Å²) in [5.41, 5.74) is 9.05. The summed E-state index contributed by atoms with van der Waals surface area (Å²) in [6.45, 7) is 0.880. The molecule has 2 aromatic carbocycles. The SMILES string of the molecule is NCCc1ccc(OCc2ccc(S(=O)(=O)C3(C(=O)NO)CCSCC3)cc2)cc1. The van der Waals surface area contributed by atoms with Crippen molar-refractivity contribution in [1.29, 1.82) is 0 Å². The minimum absolute atomic E-state index is 0.0629. The fourth-order valence-corrected chi connectivity index (χ4v) is 6.92. The molecule has 0 aliphatic carbocycles. The maximum atomic E-state index is 13.3. The zero-order valence-corrected chi connectivity index (χ0v) is 18.2. The van der Waals surface area contributed by atoms with Gasteiger partial charge in [0, 0.05) is 0 Å². The molecule has 0 aromatic heterocycles. The number of benzene rings is 2. The van der Waals surface area contributed by atoms with Gasteiger partial charge in [0.2, 0.25) is 0 Å². The molecular formula is C21H26N2O5S2. The molecule has 0 radical (unpaired) electrons. The Morgan fingerprint density at radius 3 is 2.23 bits per heavy atom. The minimum atomic E-state index is -3.97. The van der Waals surface area contributed by atoms with Crippen molar-refractivity contribution in [2.75, 3.05) is 18.1 Å². The molecular weight excluding hydrogens is 424 g/mol. The highest BCUT2D eigenvalue weighted by Gasteiger charge is 2.51. The van der Waals surface area contributed by atoms with Crippen LogP contribution in [-0.4, -0.2) is 42.3 Å². The molecule has 1 amide bonds. The second-order valence-corrected chi connectivity index (χ2v) is 10.7. The number of nitrogens with two attached hydrogens (primary N) is 1. The molecule has 0 saturated carbocycles. The predicted molar refractivity (Wildman–Crippen MR) is 116 cm³/mol. The molecule has 1 heterocycles. The summed E-state index contributed by atoms with van der Waals surface area (Å²) >= 11 is 1.60. The third-order valence-electron chi connectivity index (χ3n) is 5.33. The van der Waals surface area contributed by atoms with E-state index in [4.69, 9.17) is 15.7 Å². The van der Waals surface area contributed by atoms with E-state index in [1.165, 1.54) is 12.1 Å². The van der Waals surface area contributed by atoms with Crippen molar-refractivity contribution in [3.8, 4) is 5.75 Å². The normalized spacial score (nSPS) is 16.1. The number of carbonyl (C=O) groups excluding carboxylic acids is 1. The number of rotatable bonds is 8. The van der Waals surface area contributed by atoms with Crippen LogP contribution in [0.2, 0.25) is 0 Å². The van der Waals surface area contributed by atoms with E-state index in [9.17, 15) is 13.2 Å². The zero-order chi connectivity index (χ0) is 21.6. The zero-order valence-electron chi connectivity index (χ0n) is 16.5. The maximum Gasteiger partial charge on any atom is 0.265 e. The number of thioether (sulfide) groups is 1. The van der Waals surface area contributed by atoms with E-state index in [0.717, 1.165) is 17.5 Å². The highest BCUT2D eigenvalue weighted by atomic mass is 32.2. The van der Waals surface area contributed by atoms with Gasteiger partial charge in [-0.2, -0.15) is 11.8 Å². The lowest BCUT2D eigenvalue weighted by Crippen LogP contribution is -2.53. The average molecular weight is 451 g/mol. The smallest absolute Gasteiger partial charge is 0.265 e. The number of hydrogen-bond donors (Lipinski definition) is 3. The Bertz CT molecular complexity index is 954. The van der Waals surface area contributed by atoms with E-state index >= 15 is 0 Å². The van der Waals surface area contributed by atoms with Gasteiger partial charge in [-0.25, -0.2) is 13.9 Å². The van der Waals surface area contributed by atoms with E-state index < -0.39 is 20.5 Å². The van der Waals surface area contributed by atoms with Gasteiger partial charge in [0.1, 0.15) is 12.4 Å². The Balaban J connectivity index is 1.73. The minimum Gasteiger partial charge on any atom is -0.489 e. The van der Waals surface area contributed by atoms with Crippen molar-refractivity contribution >= 4 is 27.5 Å². The van der Waals surface area contributed by atoms with Gasteiger partial charge in [0.05, 0.1) is 4.90 Å². The molecule has 30 heavy (non-hydrogen) atoms. The first kappa shape index (κ1) is 22.6. The van der Waals surface area contributed by atoms with Crippen LogP contribution in [0.1, 0.15) is 24.0 Å². The van der Waals surface area contributed by atoms with Gasteiger partial charge >= 0.3 is 0 Å². The Morgan fingerprint density at radius 1 is 1.07 bits per heavy atom. The first-order valence-electron chi connectivity index (χ1n) is 9.70. The van der Waals surface area contributed by atoms with Gasteiger partial charge < -0.3 is 10.5 Å². The molecule has 7 nitrogen and oxygen atoms in total. The lowest BCUT2D eigenvalue weighted by atomic mass is 10.0. The number of carbonyl (C=O) groups is 1. The topological polar surface area (TPSA) is 119 Å². The van der Waals surface area contributed by atoms with Gasteiger partial charge in [0.15, 0.2) is 14.6 Å². The van der Waals surface area contributed by atoms with Crippen LogP contribution in [0.5, 0.6) is 5.75 Å². The predicted octanol–water partition coefficient (Wildman–Crippen LogP) is 2.31. The van der Waals surface area contributed by atoms with Crippen molar-refractivity contribution in [2.45, 2.75) is 35.5 Å². The van der Waals surface area contributed by atoms with Gasteiger partial charge in [-0.3, -0.25) is 10.0 Å². The molecule has 1 saturated heterocycles. The van der Waals surface area contributed by atoms with Crippen LogP contribution in [0.25, 0.3) is 0 Å². The molecule has 0 atom stereocenters. The first-order valence-corrected chi connectivity index (χ1v) is 12.3. The number of nitrogens with one attached hydrogen (secondary N) is 1. The quantitative estimate of drug-likeness (QED) is 0.417. The lowest BCUT2D eigenvalue weighted by molar-refractivity contribution is -0.132. The molecule has 0 bridgehead atoms. The van der Waals surface area contributed by atoms with Crippen LogP contribution in [0, 0.1) is 0 Å². The van der Waals surface area contributed by atoms with Crippen LogP contribution < -0.4 is 16.0 Å². The van der Waals surface area contributed by atoms with Crippen molar-refractivity contribution in [3.05, 3.63) is 59.7 Å². The van der Waals surface area contributed by atoms with E-state index in [0.29, 0.717) is 23.8 Å². The Hall–Kier alpha value is -2.07. The number of hydrogen-bond acceptors (Lipinski definition) is 7. The fourth-order valence-electron chi connectivity index (χ4n) is 3.50. The summed E-state index contributed by atoms with van der Waals surface area (Å²) < 4.78 is 30.6. The number of amides is 1. The largest absolute Gasteiger partial charge is 0.489 e. The molecule has 4 N–H and O–H groups in total. The first-order chi connectivity index (χ1) is 14.4. The summed E-state index contributed by atoms with van der Waals surface area (Å²) in [5, 5.41) is 9.14. The molecule has 0 unspecified atom stereocenters. The lowest BCUT2D eigenvalue weighted by Gasteiger charge is -2.34. The van der Waals surface area contributed by atoms with Crippen LogP contribution in [0.4, 0.5) is 0 Å². The fraction of sp³-hybridized carbons (Fsp3) is 0.381. The molecule has 1 aliphatic rings. The van der Waals surface area contributed by atoms with Gasteiger partial charge in [-0.05, 0) is 72.7 Å². The van der Waals surface area contributed by atoms with Crippen LogP contribution in [-0.2, 0) is 27.7 Å². The van der Waals surface area contributed by atoms with Crippen molar-refractivity contribution < 1.29 is 23.2 Å². The highest BCUT2D eigenvalue weighted by molar-refractivity contribution is 7.99. The molecule has 9 heteroatoms.